The number of hydrogen-bond acceptors (Lipinski definition) is 2. The van der Waals surface area contributed by atoms with Crippen LogP contribution in [0.25, 0.3) is 0 Å². The van der Waals surface area contributed by atoms with Crippen molar-refractivity contribution in [3.05, 3.63) is 29.8 Å². The second kappa shape index (κ2) is 5.96. The van der Waals surface area contributed by atoms with Crippen molar-refractivity contribution < 1.29 is 5.11 Å². The average molecular weight is 261 g/mol. The van der Waals surface area contributed by atoms with Crippen LogP contribution in [0.3, 0.4) is 0 Å². The second-order valence-corrected chi connectivity index (χ2v) is 6.73. The van der Waals surface area contributed by atoms with Gasteiger partial charge in [-0.25, -0.2) is 0 Å². The van der Waals surface area contributed by atoms with Gasteiger partial charge in [-0.15, -0.1) is 0 Å². The van der Waals surface area contributed by atoms with Crippen molar-refractivity contribution in [2.45, 2.75) is 45.4 Å². The fraction of sp³-hybridized carbons (Fsp3) is 0.647. The van der Waals surface area contributed by atoms with Crippen molar-refractivity contribution in [3.63, 3.8) is 0 Å². The molecule has 106 valence electrons. The van der Waals surface area contributed by atoms with E-state index in [9.17, 15) is 0 Å². The molecule has 2 rings (SSSR count). The van der Waals surface area contributed by atoms with Crippen molar-refractivity contribution in [1.82, 2.24) is 0 Å². The van der Waals surface area contributed by atoms with E-state index in [1.54, 1.807) is 0 Å². The van der Waals surface area contributed by atoms with E-state index in [2.05, 4.69) is 49.9 Å². The summed E-state index contributed by atoms with van der Waals surface area (Å²) in [5.41, 5.74) is 3.00. The number of aliphatic hydroxyl groups excluding tert-OH is 1. The highest BCUT2D eigenvalue weighted by atomic mass is 16.3. The molecule has 0 aliphatic carbocycles. The third kappa shape index (κ3) is 3.50. The van der Waals surface area contributed by atoms with Crippen molar-refractivity contribution in [2.24, 2.45) is 5.92 Å². The largest absolute Gasteiger partial charge is 0.396 e. The summed E-state index contributed by atoms with van der Waals surface area (Å²) < 4.78 is 0. The molecule has 0 saturated carbocycles. The van der Waals surface area contributed by atoms with Crippen LogP contribution >= 0.6 is 0 Å². The minimum absolute atomic E-state index is 0.181. The molecule has 19 heavy (non-hydrogen) atoms. The first kappa shape index (κ1) is 14.4. The normalized spacial score (nSPS) is 20.6. The quantitative estimate of drug-likeness (QED) is 0.899. The Morgan fingerprint density at radius 3 is 2.68 bits per heavy atom. The number of rotatable bonds is 3. The van der Waals surface area contributed by atoms with Gasteiger partial charge in [0.2, 0.25) is 0 Å². The van der Waals surface area contributed by atoms with Gasteiger partial charge in [-0.2, -0.15) is 0 Å². The van der Waals surface area contributed by atoms with E-state index in [0.29, 0.717) is 12.5 Å². The van der Waals surface area contributed by atoms with Crippen LogP contribution in [0.4, 0.5) is 5.69 Å². The number of aliphatic hydroxyl groups is 1. The maximum absolute atomic E-state index is 9.14. The molecular weight excluding hydrogens is 234 g/mol. The first-order valence-corrected chi connectivity index (χ1v) is 7.47. The van der Waals surface area contributed by atoms with Gasteiger partial charge >= 0.3 is 0 Å². The number of piperidine rings is 1. The van der Waals surface area contributed by atoms with Crippen LogP contribution in [0, 0.1) is 5.92 Å². The smallest absolute Gasteiger partial charge is 0.0434 e. The predicted octanol–water partition coefficient (Wildman–Crippen LogP) is 3.58. The van der Waals surface area contributed by atoms with E-state index < -0.39 is 0 Å². The van der Waals surface area contributed by atoms with Crippen molar-refractivity contribution in [3.8, 4) is 0 Å². The zero-order valence-electron chi connectivity index (χ0n) is 12.5. The Bertz CT molecular complexity index is 406. The lowest BCUT2D eigenvalue weighted by Gasteiger charge is -2.37. The van der Waals surface area contributed by atoms with Gasteiger partial charge in [-0.05, 0) is 42.2 Å². The topological polar surface area (TPSA) is 23.5 Å². The Balaban J connectivity index is 2.21. The molecule has 1 aliphatic rings. The Kier molecular flexibility index (Phi) is 4.51. The number of nitrogens with zero attached hydrogens (tertiary/aromatic N) is 1. The van der Waals surface area contributed by atoms with Crippen molar-refractivity contribution in [1.29, 1.82) is 0 Å². The minimum Gasteiger partial charge on any atom is -0.396 e. The standard InChI is InChI=1S/C17H27NO/c1-17(2,3)15-8-4-5-9-16(15)18-11-6-7-14(13-18)10-12-19/h4-5,8-9,14,19H,6-7,10-13H2,1-3H3. The highest BCUT2D eigenvalue weighted by Crippen LogP contribution is 2.34. The van der Waals surface area contributed by atoms with Crippen LogP contribution in [0.1, 0.15) is 45.6 Å². The summed E-state index contributed by atoms with van der Waals surface area (Å²) in [4.78, 5) is 2.52. The summed E-state index contributed by atoms with van der Waals surface area (Å²) >= 11 is 0. The molecular formula is C17H27NO. The van der Waals surface area contributed by atoms with Crippen LogP contribution in [0.5, 0.6) is 0 Å². The Hall–Kier alpha value is -1.02. The predicted molar refractivity (Wildman–Crippen MR) is 81.8 cm³/mol. The summed E-state index contributed by atoms with van der Waals surface area (Å²) in [6.45, 7) is 9.39. The fourth-order valence-corrected chi connectivity index (χ4v) is 3.09. The molecule has 1 unspecified atom stereocenters. The van der Waals surface area contributed by atoms with Crippen LogP contribution in [-0.2, 0) is 5.41 Å². The number of benzene rings is 1. The zero-order chi connectivity index (χ0) is 13.9. The first-order chi connectivity index (χ1) is 9.02. The summed E-state index contributed by atoms with van der Waals surface area (Å²) in [5.74, 6) is 0.645. The molecule has 1 aliphatic heterocycles. The molecule has 0 spiro atoms. The molecule has 1 N–H and O–H groups in total. The summed E-state index contributed by atoms with van der Waals surface area (Å²) in [7, 11) is 0. The molecule has 2 heteroatoms. The van der Waals surface area contributed by atoms with E-state index in [4.69, 9.17) is 5.11 Å². The van der Waals surface area contributed by atoms with Gasteiger partial charge in [0.25, 0.3) is 0 Å². The van der Waals surface area contributed by atoms with Crippen molar-refractivity contribution >= 4 is 5.69 Å². The molecule has 1 aromatic carbocycles. The maximum Gasteiger partial charge on any atom is 0.0434 e. The van der Waals surface area contributed by atoms with E-state index in [-0.39, 0.29) is 5.41 Å². The molecule has 1 atom stereocenters. The molecule has 1 aromatic rings. The Morgan fingerprint density at radius 1 is 1.26 bits per heavy atom. The lowest BCUT2D eigenvalue weighted by molar-refractivity contribution is 0.244. The Labute approximate surface area is 117 Å². The molecule has 0 aromatic heterocycles. The highest BCUT2D eigenvalue weighted by Gasteiger charge is 2.24. The van der Waals surface area contributed by atoms with Crippen molar-refractivity contribution in [2.75, 3.05) is 24.6 Å². The fourth-order valence-electron chi connectivity index (χ4n) is 3.09. The van der Waals surface area contributed by atoms with E-state index in [1.807, 2.05) is 0 Å². The molecule has 0 radical (unpaired) electrons. The second-order valence-electron chi connectivity index (χ2n) is 6.73. The lowest BCUT2D eigenvalue weighted by Crippen LogP contribution is -2.37. The number of para-hydroxylation sites is 1. The van der Waals surface area contributed by atoms with Gasteiger partial charge < -0.3 is 10.0 Å². The summed E-state index contributed by atoms with van der Waals surface area (Å²) in [6, 6.07) is 8.78. The third-order valence-electron chi connectivity index (χ3n) is 4.11. The zero-order valence-corrected chi connectivity index (χ0v) is 12.5. The number of hydrogen-bond donors (Lipinski definition) is 1. The monoisotopic (exact) mass is 261 g/mol. The van der Waals surface area contributed by atoms with E-state index >= 15 is 0 Å². The average Bonchev–Trinajstić information content (AvgIpc) is 2.38. The molecule has 1 saturated heterocycles. The Morgan fingerprint density at radius 2 is 2.00 bits per heavy atom. The van der Waals surface area contributed by atoms with Gasteiger partial charge in [0.1, 0.15) is 0 Å². The third-order valence-corrected chi connectivity index (χ3v) is 4.11. The van der Waals surface area contributed by atoms with Crippen LogP contribution in [0.15, 0.2) is 24.3 Å². The summed E-state index contributed by atoms with van der Waals surface area (Å²) in [6.07, 6.45) is 3.44. The maximum atomic E-state index is 9.14. The van der Waals surface area contributed by atoms with E-state index in [0.717, 1.165) is 19.5 Å². The van der Waals surface area contributed by atoms with Gasteiger partial charge in [-0.3, -0.25) is 0 Å². The molecule has 2 nitrogen and oxygen atoms in total. The van der Waals surface area contributed by atoms with Crippen LogP contribution in [0.2, 0.25) is 0 Å². The van der Waals surface area contributed by atoms with Crippen LogP contribution < -0.4 is 4.90 Å². The highest BCUT2D eigenvalue weighted by molar-refractivity contribution is 5.56. The summed E-state index contributed by atoms with van der Waals surface area (Å²) in [5, 5.41) is 9.14. The minimum atomic E-state index is 0.181. The van der Waals surface area contributed by atoms with Gasteiger partial charge in [0, 0.05) is 25.4 Å². The van der Waals surface area contributed by atoms with E-state index in [1.165, 1.54) is 24.1 Å². The van der Waals surface area contributed by atoms with Gasteiger partial charge in [0.05, 0.1) is 0 Å². The number of anilines is 1. The SMILES string of the molecule is CC(C)(C)c1ccccc1N1CCCC(CCO)C1. The van der Waals surface area contributed by atoms with Gasteiger partial charge in [-0.1, -0.05) is 39.0 Å². The van der Waals surface area contributed by atoms with Gasteiger partial charge in [0.15, 0.2) is 0 Å². The molecule has 1 heterocycles. The lowest BCUT2D eigenvalue weighted by atomic mass is 9.84. The molecule has 0 amide bonds. The van der Waals surface area contributed by atoms with Crippen LogP contribution in [-0.4, -0.2) is 24.8 Å². The first-order valence-electron chi connectivity index (χ1n) is 7.47. The molecule has 1 fully saturated rings. The molecule has 0 bridgehead atoms.